The van der Waals surface area contributed by atoms with E-state index in [2.05, 4.69) is 37.7 Å². The number of hydrogen-bond donors (Lipinski definition) is 0. The zero-order chi connectivity index (χ0) is 22.3. The van der Waals surface area contributed by atoms with Crippen molar-refractivity contribution in [3.63, 3.8) is 0 Å². The minimum atomic E-state index is 0.206. The van der Waals surface area contributed by atoms with E-state index in [1.54, 1.807) is 18.3 Å². The van der Waals surface area contributed by atoms with Crippen LogP contribution < -0.4 is 4.90 Å². The van der Waals surface area contributed by atoms with Gasteiger partial charge in [-0.05, 0) is 64.9 Å². The van der Waals surface area contributed by atoms with E-state index in [0.717, 1.165) is 48.7 Å². The Morgan fingerprint density at radius 3 is 2.40 bits per heavy atom. The van der Waals surface area contributed by atoms with E-state index >= 15 is 0 Å². The largest absolute Gasteiger partial charge is 0.348 e. The summed E-state index contributed by atoms with van der Waals surface area (Å²) in [5, 5.41) is 2.07. The van der Waals surface area contributed by atoms with Crippen molar-refractivity contribution in [1.29, 1.82) is 0 Å². The smallest absolute Gasteiger partial charge is 0.186 e. The van der Waals surface area contributed by atoms with Gasteiger partial charge in [-0.3, -0.25) is 4.79 Å². The number of halogens is 2. The van der Waals surface area contributed by atoms with E-state index in [0.29, 0.717) is 28.9 Å². The molecule has 0 radical (unpaired) electrons. The predicted octanol–water partition coefficient (Wildman–Crippen LogP) is 6.44. The highest BCUT2D eigenvalue weighted by Gasteiger charge is 2.19. The molecule has 0 amide bonds. The molecule has 30 heavy (non-hydrogen) atoms. The molecule has 2 rings (SSSR count). The van der Waals surface area contributed by atoms with Crippen molar-refractivity contribution >= 4 is 45.5 Å². The summed E-state index contributed by atoms with van der Waals surface area (Å²) in [7, 11) is 4.19. The third kappa shape index (κ3) is 7.84. The van der Waals surface area contributed by atoms with Gasteiger partial charge in [-0.1, -0.05) is 43.1 Å². The van der Waals surface area contributed by atoms with Crippen LogP contribution in [0, 0.1) is 5.92 Å². The number of hydrogen-bond acceptors (Lipinski definition) is 5. The van der Waals surface area contributed by atoms with Crippen molar-refractivity contribution in [2.24, 2.45) is 5.92 Å². The molecule has 0 aliphatic heterocycles. The number of rotatable bonds is 12. The first-order valence-electron chi connectivity index (χ1n) is 10.5. The molecule has 0 saturated heterocycles. The van der Waals surface area contributed by atoms with Crippen LogP contribution in [0.2, 0.25) is 10.0 Å². The molecular formula is C23H33Cl2N3OS. The highest BCUT2D eigenvalue weighted by Crippen LogP contribution is 2.37. The molecule has 0 aliphatic rings. The summed E-state index contributed by atoms with van der Waals surface area (Å²) < 4.78 is 0. The molecule has 0 aliphatic carbocycles. The normalized spacial score (nSPS) is 11.5. The number of anilines is 1. The molecule has 7 heteroatoms. The number of aromatic nitrogens is 1. The number of carbonyl (C=O) groups is 1. The highest BCUT2D eigenvalue weighted by molar-refractivity contribution is 7.16. The molecule has 166 valence electrons. The molecular weight excluding hydrogens is 437 g/mol. The van der Waals surface area contributed by atoms with Crippen molar-refractivity contribution in [3.8, 4) is 11.3 Å². The molecule has 1 aromatic carbocycles. The van der Waals surface area contributed by atoms with Crippen LogP contribution in [0.1, 0.15) is 44.9 Å². The minimum Gasteiger partial charge on any atom is -0.348 e. The van der Waals surface area contributed by atoms with Gasteiger partial charge in [0.05, 0.1) is 15.7 Å². The van der Waals surface area contributed by atoms with E-state index in [9.17, 15) is 4.79 Å². The molecule has 0 unspecified atom stereocenters. The van der Waals surface area contributed by atoms with Crippen LogP contribution in [0.4, 0.5) is 5.13 Å². The monoisotopic (exact) mass is 469 g/mol. The Morgan fingerprint density at radius 2 is 1.80 bits per heavy atom. The maximum atomic E-state index is 11.6. The number of unbranched alkanes of at least 4 members (excludes halogenated alkanes) is 1. The van der Waals surface area contributed by atoms with Gasteiger partial charge in [0.2, 0.25) is 0 Å². The lowest BCUT2D eigenvalue weighted by molar-refractivity contribution is -0.116. The number of ketones is 1. The average Bonchev–Trinajstić information content (AvgIpc) is 3.05. The van der Waals surface area contributed by atoms with Crippen LogP contribution >= 0.6 is 34.5 Å². The van der Waals surface area contributed by atoms with Crippen LogP contribution in [0.15, 0.2) is 18.2 Å². The predicted molar refractivity (Wildman–Crippen MR) is 131 cm³/mol. The number of Topliss-reactive ketones (excluding diaryl/α,β-unsaturated/α-hetero) is 1. The zero-order valence-corrected chi connectivity index (χ0v) is 21.0. The molecule has 0 atom stereocenters. The van der Waals surface area contributed by atoms with Gasteiger partial charge in [0.1, 0.15) is 5.78 Å². The standard InChI is InChI=1S/C23H33Cl2N3OS/c1-16(2)14-21-22(18-8-9-19(24)20(25)15-18)26-23(30-21)28(13-10-17(3)29)12-7-6-11-27(4)5/h8-9,15-16H,6-7,10-14H2,1-5H3. The molecule has 1 aromatic heterocycles. The van der Waals surface area contributed by atoms with Gasteiger partial charge in [-0.25, -0.2) is 4.98 Å². The van der Waals surface area contributed by atoms with Crippen molar-refractivity contribution < 1.29 is 4.79 Å². The lowest BCUT2D eigenvalue weighted by Crippen LogP contribution is -2.27. The van der Waals surface area contributed by atoms with Gasteiger partial charge >= 0.3 is 0 Å². The number of nitrogens with zero attached hydrogens (tertiary/aromatic N) is 3. The lowest BCUT2D eigenvalue weighted by atomic mass is 10.0. The first kappa shape index (κ1) is 25.1. The van der Waals surface area contributed by atoms with Crippen LogP contribution in [0.25, 0.3) is 11.3 Å². The molecule has 0 N–H and O–H groups in total. The molecule has 0 saturated carbocycles. The Hall–Kier alpha value is -1.14. The second-order valence-corrected chi connectivity index (χ2v) is 10.3. The molecule has 2 aromatic rings. The first-order chi connectivity index (χ1) is 14.2. The van der Waals surface area contributed by atoms with Crippen LogP contribution in [0.5, 0.6) is 0 Å². The Labute approximate surface area is 195 Å². The maximum Gasteiger partial charge on any atom is 0.186 e. The van der Waals surface area contributed by atoms with Crippen LogP contribution in [0.3, 0.4) is 0 Å². The van der Waals surface area contributed by atoms with Crippen molar-refractivity contribution in [3.05, 3.63) is 33.1 Å². The summed E-state index contributed by atoms with van der Waals surface area (Å²) in [5.74, 6) is 0.725. The van der Waals surface area contributed by atoms with Gasteiger partial charge in [0, 0.05) is 30.0 Å². The van der Waals surface area contributed by atoms with E-state index in [4.69, 9.17) is 28.2 Å². The minimum absolute atomic E-state index is 0.206. The van der Waals surface area contributed by atoms with Gasteiger partial charge in [0.15, 0.2) is 5.13 Å². The summed E-state index contributed by atoms with van der Waals surface area (Å²) in [6.07, 6.45) is 3.67. The maximum absolute atomic E-state index is 11.6. The quantitative estimate of drug-likeness (QED) is 0.335. The van der Waals surface area contributed by atoms with E-state index < -0.39 is 0 Å². The third-order valence-corrected chi connectivity index (χ3v) is 6.64. The lowest BCUT2D eigenvalue weighted by Gasteiger charge is -2.21. The highest BCUT2D eigenvalue weighted by atomic mass is 35.5. The van der Waals surface area contributed by atoms with Gasteiger partial charge in [-0.15, -0.1) is 11.3 Å². The fraction of sp³-hybridized carbons (Fsp3) is 0.565. The Bertz CT molecular complexity index is 836. The van der Waals surface area contributed by atoms with Gasteiger partial charge < -0.3 is 9.80 Å². The Morgan fingerprint density at radius 1 is 1.10 bits per heavy atom. The van der Waals surface area contributed by atoms with Crippen LogP contribution in [-0.2, 0) is 11.2 Å². The molecule has 0 spiro atoms. The Balaban J connectivity index is 2.32. The fourth-order valence-corrected chi connectivity index (χ4v) is 4.82. The number of carbonyl (C=O) groups excluding carboxylic acids is 1. The molecule has 0 bridgehead atoms. The zero-order valence-electron chi connectivity index (χ0n) is 18.7. The molecule has 4 nitrogen and oxygen atoms in total. The van der Waals surface area contributed by atoms with E-state index in [1.165, 1.54) is 4.88 Å². The van der Waals surface area contributed by atoms with Crippen molar-refractivity contribution in [2.45, 2.75) is 46.5 Å². The second-order valence-electron chi connectivity index (χ2n) is 8.44. The number of benzene rings is 1. The second kappa shape index (κ2) is 12.0. The first-order valence-corrected chi connectivity index (χ1v) is 12.1. The summed E-state index contributed by atoms with van der Waals surface area (Å²) in [4.78, 5) is 22.4. The van der Waals surface area contributed by atoms with Gasteiger partial charge in [-0.2, -0.15) is 0 Å². The Kier molecular flexibility index (Phi) is 10.1. The van der Waals surface area contributed by atoms with Crippen molar-refractivity contribution in [1.82, 2.24) is 9.88 Å². The SMILES string of the molecule is CC(=O)CCN(CCCCN(C)C)c1nc(-c2ccc(Cl)c(Cl)c2)c(CC(C)C)s1. The summed E-state index contributed by atoms with van der Waals surface area (Å²) in [6, 6.07) is 5.70. The summed E-state index contributed by atoms with van der Waals surface area (Å²) in [6.45, 7) is 8.74. The molecule has 1 heterocycles. The van der Waals surface area contributed by atoms with E-state index in [-0.39, 0.29) is 5.78 Å². The van der Waals surface area contributed by atoms with E-state index in [1.807, 2.05) is 18.2 Å². The third-order valence-electron chi connectivity index (χ3n) is 4.76. The van der Waals surface area contributed by atoms with Gasteiger partial charge in [0.25, 0.3) is 0 Å². The topological polar surface area (TPSA) is 36.4 Å². The number of thiazole rings is 1. The summed E-state index contributed by atoms with van der Waals surface area (Å²) in [5.41, 5.74) is 1.96. The summed E-state index contributed by atoms with van der Waals surface area (Å²) >= 11 is 14.1. The average molecular weight is 471 g/mol. The molecule has 0 fully saturated rings. The fourth-order valence-electron chi connectivity index (χ4n) is 3.18. The van der Waals surface area contributed by atoms with Crippen molar-refractivity contribution in [2.75, 3.05) is 38.6 Å². The van der Waals surface area contributed by atoms with Crippen LogP contribution in [-0.4, -0.2) is 49.4 Å².